The Balaban J connectivity index is 1.97. The summed E-state index contributed by atoms with van der Waals surface area (Å²) in [5, 5.41) is 0. The molecule has 0 unspecified atom stereocenters. The minimum atomic E-state index is 0.261. The first-order valence-corrected chi connectivity index (χ1v) is 7.13. The average Bonchev–Trinajstić information content (AvgIpc) is 2.98. The highest BCUT2D eigenvalue weighted by atomic mass is 32.1. The summed E-state index contributed by atoms with van der Waals surface area (Å²) in [5.41, 5.74) is 0.261. The molecule has 0 N–H and O–H groups in total. The van der Waals surface area contributed by atoms with E-state index in [0.29, 0.717) is 18.0 Å². The van der Waals surface area contributed by atoms with Crippen LogP contribution in [0.5, 0.6) is 0 Å². The molecule has 0 aromatic carbocycles. The summed E-state index contributed by atoms with van der Waals surface area (Å²) in [6.45, 7) is 4.38. The van der Waals surface area contributed by atoms with Crippen molar-refractivity contribution in [3.63, 3.8) is 0 Å². The van der Waals surface area contributed by atoms with Gasteiger partial charge < -0.3 is 4.90 Å². The lowest BCUT2D eigenvalue weighted by Crippen LogP contribution is -2.48. The molecule has 0 spiro atoms. The van der Waals surface area contributed by atoms with Crippen molar-refractivity contribution < 1.29 is 4.79 Å². The van der Waals surface area contributed by atoms with E-state index in [0.717, 1.165) is 12.2 Å². The van der Waals surface area contributed by atoms with Gasteiger partial charge in [-0.05, 0) is 57.1 Å². The van der Waals surface area contributed by atoms with Crippen molar-refractivity contribution in [3.05, 3.63) is 0 Å². The minimum absolute atomic E-state index is 0.261. The number of thiol groups is 1. The summed E-state index contributed by atoms with van der Waals surface area (Å²) in [7, 11) is 0. The van der Waals surface area contributed by atoms with Crippen LogP contribution in [0.25, 0.3) is 0 Å². The Bertz CT molecular complexity index is 265. The van der Waals surface area contributed by atoms with E-state index in [2.05, 4.69) is 31.4 Å². The van der Waals surface area contributed by atoms with Gasteiger partial charge in [-0.25, -0.2) is 0 Å². The molecule has 2 rings (SSSR count). The number of carbonyl (C=O) groups excluding carboxylic acids is 1. The predicted octanol–water partition coefficient (Wildman–Crippen LogP) is 2.88. The van der Waals surface area contributed by atoms with Gasteiger partial charge in [-0.3, -0.25) is 4.79 Å². The molecule has 2 fully saturated rings. The molecular formula is C13H23NOS. The minimum Gasteiger partial charge on any atom is -0.337 e. The zero-order valence-corrected chi connectivity index (χ0v) is 11.3. The summed E-state index contributed by atoms with van der Waals surface area (Å²) in [5.74, 6) is 1.24. The second-order valence-corrected chi connectivity index (χ2v) is 6.08. The topological polar surface area (TPSA) is 20.3 Å². The van der Waals surface area contributed by atoms with Crippen LogP contribution in [0.15, 0.2) is 0 Å². The van der Waals surface area contributed by atoms with E-state index in [4.69, 9.17) is 0 Å². The maximum Gasteiger partial charge on any atom is 0.223 e. The van der Waals surface area contributed by atoms with Crippen LogP contribution in [0.4, 0.5) is 0 Å². The molecular weight excluding hydrogens is 218 g/mol. The van der Waals surface area contributed by atoms with E-state index in [1.165, 1.54) is 32.1 Å². The van der Waals surface area contributed by atoms with Crippen LogP contribution in [0.2, 0.25) is 0 Å². The normalized spacial score (nSPS) is 32.6. The fraction of sp³-hybridized carbons (Fsp3) is 0.923. The summed E-state index contributed by atoms with van der Waals surface area (Å²) in [4.78, 5) is 14.5. The number of hydrogen-bond donors (Lipinski definition) is 1. The Hall–Kier alpha value is -0.180. The van der Waals surface area contributed by atoms with E-state index in [9.17, 15) is 4.79 Å². The zero-order chi connectivity index (χ0) is 11.8. The predicted molar refractivity (Wildman–Crippen MR) is 69.8 cm³/mol. The molecule has 1 aliphatic carbocycles. The molecule has 0 aromatic heterocycles. The maximum atomic E-state index is 12.3. The van der Waals surface area contributed by atoms with Crippen molar-refractivity contribution in [2.45, 2.75) is 64.5 Å². The first-order valence-electron chi connectivity index (χ1n) is 6.50. The molecule has 2 nitrogen and oxygen atoms in total. The van der Waals surface area contributed by atoms with Crippen molar-refractivity contribution in [1.29, 1.82) is 0 Å². The van der Waals surface area contributed by atoms with Gasteiger partial charge in [0.25, 0.3) is 0 Å². The fourth-order valence-corrected chi connectivity index (χ4v) is 3.32. The first-order chi connectivity index (χ1) is 7.58. The highest BCUT2D eigenvalue weighted by Gasteiger charge is 2.44. The van der Waals surface area contributed by atoms with Gasteiger partial charge in [-0.1, -0.05) is 0 Å². The van der Waals surface area contributed by atoms with Crippen molar-refractivity contribution in [3.8, 4) is 0 Å². The van der Waals surface area contributed by atoms with Crippen LogP contribution in [-0.2, 0) is 4.79 Å². The average molecular weight is 241 g/mol. The largest absolute Gasteiger partial charge is 0.337 e. The van der Waals surface area contributed by atoms with Gasteiger partial charge in [0.05, 0.1) is 0 Å². The monoisotopic (exact) mass is 241 g/mol. The third-order valence-electron chi connectivity index (χ3n) is 4.30. The van der Waals surface area contributed by atoms with Gasteiger partial charge in [-0.15, -0.1) is 0 Å². The molecule has 2 aliphatic rings. The highest BCUT2D eigenvalue weighted by Crippen LogP contribution is 2.50. The van der Waals surface area contributed by atoms with E-state index < -0.39 is 0 Å². The molecule has 1 heterocycles. The molecule has 1 saturated carbocycles. The van der Waals surface area contributed by atoms with Crippen LogP contribution in [-0.4, -0.2) is 28.6 Å². The summed E-state index contributed by atoms with van der Waals surface area (Å²) in [6, 6.07) is 0.874. The molecule has 1 aliphatic heterocycles. The Morgan fingerprint density at radius 3 is 2.31 bits per heavy atom. The quantitative estimate of drug-likeness (QED) is 0.753. The molecule has 0 radical (unpaired) electrons. The smallest absolute Gasteiger partial charge is 0.223 e. The lowest BCUT2D eigenvalue weighted by Gasteiger charge is -2.39. The van der Waals surface area contributed by atoms with Gasteiger partial charge in [0, 0.05) is 18.5 Å². The molecule has 2 atom stereocenters. The lowest BCUT2D eigenvalue weighted by atomic mass is 9.95. The second-order valence-electron chi connectivity index (χ2n) is 5.76. The lowest BCUT2D eigenvalue weighted by molar-refractivity contribution is -0.138. The van der Waals surface area contributed by atoms with Gasteiger partial charge in [-0.2, -0.15) is 12.6 Å². The van der Waals surface area contributed by atoms with E-state index >= 15 is 0 Å². The van der Waals surface area contributed by atoms with Gasteiger partial charge in [0.2, 0.25) is 5.91 Å². The summed E-state index contributed by atoms with van der Waals surface area (Å²) in [6.07, 6.45) is 6.72. The Kier molecular flexibility index (Phi) is 3.53. The molecule has 0 bridgehead atoms. The van der Waals surface area contributed by atoms with Crippen molar-refractivity contribution >= 4 is 18.5 Å². The Morgan fingerprint density at radius 2 is 1.88 bits per heavy atom. The van der Waals surface area contributed by atoms with Gasteiger partial charge >= 0.3 is 0 Å². The number of piperidine rings is 1. The Labute approximate surface area is 104 Å². The van der Waals surface area contributed by atoms with Crippen LogP contribution in [0, 0.1) is 5.41 Å². The van der Waals surface area contributed by atoms with Gasteiger partial charge in [0.15, 0.2) is 0 Å². The van der Waals surface area contributed by atoms with E-state index in [1.54, 1.807) is 0 Å². The van der Waals surface area contributed by atoms with Gasteiger partial charge in [0.1, 0.15) is 0 Å². The molecule has 1 saturated heterocycles. The third-order valence-corrected chi connectivity index (χ3v) is 4.97. The summed E-state index contributed by atoms with van der Waals surface area (Å²) >= 11 is 4.38. The molecule has 92 valence electrons. The van der Waals surface area contributed by atoms with Crippen LogP contribution < -0.4 is 0 Å². The van der Waals surface area contributed by atoms with E-state index in [-0.39, 0.29) is 5.41 Å². The van der Waals surface area contributed by atoms with E-state index in [1.807, 2.05) is 0 Å². The number of likely N-dealkylation sites (tertiary alicyclic amines) is 1. The fourth-order valence-electron chi connectivity index (χ4n) is 2.89. The Morgan fingerprint density at radius 1 is 1.31 bits per heavy atom. The molecule has 3 heteroatoms. The number of rotatable bonds is 3. The second kappa shape index (κ2) is 4.59. The molecule has 16 heavy (non-hydrogen) atoms. The standard InChI is InChI=1S/C13H23NOS/c1-10-4-3-5-11(2)14(10)12(15)8-13(9-16)6-7-13/h10-11,16H,3-9H2,1-2H3/t10-,11+. The van der Waals surface area contributed by atoms with Crippen molar-refractivity contribution in [2.75, 3.05) is 5.75 Å². The van der Waals surface area contributed by atoms with Crippen LogP contribution in [0.3, 0.4) is 0 Å². The number of nitrogens with zero attached hydrogens (tertiary/aromatic N) is 1. The van der Waals surface area contributed by atoms with Crippen LogP contribution in [0.1, 0.15) is 52.4 Å². The molecule has 0 aromatic rings. The number of hydrogen-bond acceptors (Lipinski definition) is 2. The SMILES string of the molecule is C[C@@H]1CCC[C@H](C)N1C(=O)CC1(CS)CC1. The maximum absolute atomic E-state index is 12.3. The summed E-state index contributed by atoms with van der Waals surface area (Å²) < 4.78 is 0. The number of carbonyl (C=O) groups is 1. The van der Waals surface area contributed by atoms with Crippen molar-refractivity contribution in [2.24, 2.45) is 5.41 Å². The highest BCUT2D eigenvalue weighted by molar-refractivity contribution is 7.80. The van der Waals surface area contributed by atoms with Crippen LogP contribution >= 0.6 is 12.6 Å². The zero-order valence-electron chi connectivity index (χ0n) is 10.4. The first kappa shape index (κ1) is 12.3. The molecule has 1 amide bonds. The number of amides is 1. The van der Waals surface area contributed by atoms with Crippen molar-refractivity contribution in [1.82, 2.24) is 4.90 Å². The third kappa shape index (κ3) is 2.39.